The molecule has 0 heterocycles. The van der Waals surface area contributed by atoms with Crippen molar-refractivity contribution in [2.24, 2.45) is 0 Å². The van der Waals surface area contributed by atoms with E-state index in [0.717, 1.165) is 5.56 Å². The number of urea groups is 1. The number of benzene rings is 3. The van der Waals surface area contributed by atoms with E-state index in [-0.39, 0.29) is 33.3 Å². The monoisotopic (exact) mass is 517 g/mol. The normalized spacial score (nSPS) is 11.4. The Kier molecular flexibility index (Phi) is 7.77. The highest BCUT2D eigenvalue weighted by atomic mass is 32.2. The molecule has 0 spiro atoms. The largest absolute Gasteiger partial charge is 0.462 e. The van der Waals surface area contributed by atoms with Crippen LogP contribution in [0.2, 0.25) is 0 Å². The number of rotatable bonds is 8. The lowest BCUT2D eigenvalue weighted by atomic mass is 10.2. The predicted molar refractivity (Wildman–Crippen MR) is 130 cm³/mol. The van der Waals surface area contributed by atoms with Crippen molar-refractivity contribution in [3.05, 3.63) is 83.9 Å². The van der Waals surface area contributed by atoms with Crippen LogP contribution in [0.15, 0.2) is 82.6 Å². The molecule has 0 unspecified atom stereocenters. The Morgan fingerprint density at radius 2 is 1.26 bits per heavy atom. The summed E-state index contributed by atoms with van der Waals surface area (Å²) in [5.74, 6) is -0.513. The van der Waals surface area contributed by atoms with E-state index in [0.29, 0.717) is 0 Å². The number of esters is 1. The lowest BCUT2D eigenvalue weighted by Gasteiger charge is -2.11. The Morgan fingerprint density at radius 3 is 1.83 bits per heavy atom. The first kappa shape index (κ1) is 25.7. The molecule has 0 saturated carbocycles. The van der Waals surface area contributed by atoms with Crippen LogP contribution in [0.4, 0.5) is 16.2 Å². The Morgan fingerprint density at radius 1 is 0.743 bits per heavy atom. The first-order valence-electron chi connectivity index (χ1n) is 10.3. The van der Waals surface area contributed by atoms with Gasteiger partial charge in [0.15, 0.2) is 0 Å². The molecule has 0 aliphatic carbocycles. The topological polar surface area (TPSA) is 148 Å². The summed E-state index contributed by atoms with van der Waals surface area (Å²) < 4.78 is 59.1. The summed E-state index contributed by atoms with van der Waals surface area (Å²) in [4.78, 5) is 23.7. The van der Waals surface area contributed by atoms with Crippen LogP contribution in [0, 0.1) is 6.92 Å². The summed E-state index contributed by atoms with van der Waals surface area (Å²) >= 11 is 0. The number of amides is 2. The van der Waals surface area contributed by atoms with Crippen LogP contribution in [0.1, 0.15) is 22.8 Å². The second kappa shape index (κ2) is 10.6. The third-order valence-electron chi connectivity index (χ3n) is 4.63. The molecule has 0 aliphatic rings. The highest BCUT2D eigenvalue weighted by Gasteiger charge is 2.18. The number of hydrogen-bond acceptors (Lipinski definition) is 7. The number of aryl methyl sites for hydroxylation is 1. The summed E-state index contributed by atoms with van der Waals surface area (Å²) in [7, 11) is -8.03. The molecular weight excluding hydrogens is 494 g/mol. The van der Waals surface area contributed by atoms with Crippen molar-refractivity contribution in [2.75, 3.05) is 16.6 Å². The van der Waals surface area contributed by atoms with Crippen molar-refractivity contribution in [1.29, 1.82) is 0 Å². The molecule has 0 fully saturated rings. The zero-order valence-corrected chi connectivity index (χ0v) is 20.4. The molecule has 0 radical (unpaired) electrons. The van der Waals surface area contributed by atoms with Gasteiger partial charge in [0.05, 0.1) is 22.0 Å². The molecule has 2 amide bonds. The molecular formula is C23H23N3O7S2. The maximum absolute atomic E-state index is 12.6. The van der Waals surface area contributed by atoms with Crippen LogP contribution in [-0.4, -0.2) is 35.4 Å². The molecule has 35 heavy (non-hydrogen) atoms. The number of hydrogen-bond donors (Lipinski definition) is 3. The molecule has 0 bridgehead atoms. The third-order valence-corrected chi connectivity index (χ3v) is 7.37. The molecule has 0 atom stereocenters. The van der Waals surface area contributed by atoms with Gasteiger partial charge in [0.25, 0.3) is 20.0 Å². The Labute approximate surface area is 203 Å². The highest BCUT2D eigenvalue weighted by molar-refractivity contribution is 7.92. The SMILES string of the molecule is CCOC(=O)c1ccc(NS(=O)(=O)c2ccc(NC(=O)NS(=O)(=O)c3ccc(C)cc3)cc2)cc1. The van der Waals surface area contributed by atoms with Gasteiger partial charge in [0.2, 0.25) is 0 Å². The van der Waals surface area contributed by atoms with Gasteiger partial charge in [-0.05, 0) is 74.5 Å². The molecule has 3 N–H and O–H groups in total. The standard InChI is InChI=1S/C23H23N3O7S2/c1-3-33-22(27)17-6-8-19(9-7-17)25-34(29,30)21-14-10-18(11-15-21)24-23(28)26-35(31,32)20-12-4-16(2)5-13-20/h4-15,25H,3H2,1-2H3,(H2,24,26,28). The van der Waals surface area contributed by atoms with Crippen molar-refractivity contribution < 1.29 is 31.2 Å². The van der Waals surface area contributed by atoms with Gasteiger partial charge in [-0.15, -0.1) is 0 Å². The van der Waals surface area contributed by atoms with Gasteiger partial charge in [-0.2, -0.15) is 0 Å². The molecule has 0 aliphatic heterocycles. The van der Waals surface area contributed by atoms with Crippen molar-refractivity contribution in [3.8, 4) is 0 Å². The first-order valence-corrected chi connectivity index (χ1v) is 13.3. The second-order valence-electron chi connectivity index (χ2n) is 7.30. The Hall–Kier alpha value is -3.90. The fraction of sp³-hybridized carbons (Fsp3) is 0.130. The van der Waals surface area contributed by atoms with E-state index in [1.807, 2.05) is 4.72 Å². The average Bonchev–Trinajstić information content (AvgIpc) is 2.79. The molecule has 12 heteroatoms. The summed E-state index contributed by atoms with van der Waals surface area (Å²) in [5.41, 5.74) is 1.57. The van der Waals surface area contributed by atoms with Gasteiger partial charge in [-0.1, -0.05) is 17.7 Å². The van der Waals surface area contributed by atoms with Gasteiger partial charge in [-0.3, -0.25) is 4.72 Å². The van der Waals surface area contributed by atoms with E-state index in [1.165, 1.54) is 60.7 Å². The zero-order chi connectivity index (χ0) is 25.6. The minimum Gasteiger partial charge on any atom is -0.462 e. The second-order valence-corrected chi connectivity index (χ2v) is 10.7. The first-order chi connectivity index (χ1) is 16.5. The van der Waals surface area contributed by atoms with Crippen LogP contribution >= 0.6 is 0 Å². The van der Waals surface area contributed by atoms with E-state index in [2.05, 4.69) is 10.0 Å². The molecule has 0 saturated heterocycles. The number of sulfonamides is 2. The maximum atomic E-state index is 12.6. The molecule has 184 valence electrons. The zero-order valence-electron chi connectivity index (χ0n) is 18.8. The van der Waals surface area contributed by atoms with Crippen molar-refractivity contribution in [3.63, 3.8) is 0 Å². The quantitative estimate of drug-likeness (QED) is 0.388. The predicted octanol–water partition coefficient (Wildman–Crippen LogP) is 3.48. The smallest absolute Gasteiger partial charge is 0.338 e. The number of nitrogens with one attached hydrogen (secondary N) is 3. The van der Waals surface area contributed by atoms with Crippen LogP contribution in [-0.2, 0) is 24.8 Å². The van der Waals surface area contributed by atoms with E-state index < -0.39 is 32.0 Å². The molecule has 0 aromatic heterocycles. The third kappa shape index (κ3) is 6.80. The van der Waals surface area contributed by atoms with Crippen molar-refractivity contribution >= 4 is 43.4 Å². The van der Waals surface area contributed by atoms with E-state index in [9.17, 15) is 26.4 Å². The fourth-order valence-electron chi connectivity index (χ4n) is 2.88. The minimum absolute atomic E-state index is 0.0685. The molecule has 3 aromatic carbocycles. The van der Waals surface area contributed by atoms with E-state index in [1.54, 1.807) is 26.0 Å². The molecule has 3 aromatic rings. The maximum Gasteiger partial charge on any atom is 0.338 e. The van der Waals surface area contributed by atoms with Crippen molar-refractivity contribution in [2.45, 2.75) is 23.6 Å². The van der Waals surface area contributed by atoms with Gasteiger partial charge in [-0.25, -0.2) is 31.1 Å². The summed E-state index contributed by atoms with van der Waals surface area (Å²) in [6, 6.07) is 15.8. The minimum atomic E-state index is -4.07. The summed E-state index contributed by atoms with van der Waals surface area (Å²) in [6.45, 7) is 3.71. The molecule has 3 rings (SSSR count). The van der Waals surface area contributed by atoms with Gasteiger partial charge >= 0.3 is 12.0 Å². The number of carbonyl (C=O) groups is 2. The van der Waals surface area contributed by atoms with Gasteiger partial charge < -0.3 is 10.1 Å². The summed E-state index contributed by atoms with van der Waals surface area (Å²) in [5, 5.41) is 2.35. The number of carbonyl (C=O) groups excluding carboxylic acids is 2. The lowest BCUT2D eigenvalue weighted by Crippen LogP contribution is -2.34. The number of ether oxygens (including phenoxy) is 1. The van der Waals surface area contributed by atoms with Crippen LogP contribution in [0.3, 0.4) is 0 Å². The van der Waals surface area contributed by atoms with Gasteiger partial charge in [0.1, 0.15) is 0 Å². The summed E-state index contributed by atoms with van der Waals surface area (Å²) in [6.07, 6.45) is 0. The lowest BCUT2D eigenvalue weighted by molar-refractivity contribution is 0.0526. The van der Waals surface area contributed by atoms with Crippen LogP contribution in [0.5, 0.6) is 0 Å². The highest BCUT2D eigenvalue weighted by Crippen LogP contribution is 2.19. The van der Waals surface area contributed by atoms with Crippen LogP contribution < -0.4 is 14.8 Å². The average molecular weight is 518 g/mol. The Bertz CT molecular complexity index is 1420. The number of anilines is 2. The van der Waals surface area contributed by atoms with Gasteiger partial charge in [0, 0.05) is 11.4 Å². The molecule has 10 nitrogen and oxygen atoms in total. The van der Waals surface area contributed by atoms with E-state index in [4.69, 9.17) is 4.74 Å². The van der Waals surface area contributed by atoms with Crippen molar-refractivity contribution in [1.82, 2.24) is 4.72 Å². The fourth-order valence-corrected chi connectivity index (χ4v) is 4.84. The Balaban J connectivity index is 1.63. The van der Waals surface area contributed by atoms with Crippen LogP contribution in [0.25, 0.3) is 0 Å². The van der Waals surface area contributed by atoms with E-state index >= 15 is 0 Å².